The number of carboxylic acids is 1. The van der Waals surface area contributed by atoms with Crippen molar-refractivity contribution in [3.63, 3.8) is 0 Å². The number of benzene rings is 1. The molecule has 0 unspecified atom stereocenters. The SMILES string of the molecule is CCCC=CCc1cc(C)c(C(=O)O)cc1C(F)(F)F. The summed E-state index contributed by atoms with van der Waals surface area (Å²) in [6, 6.07) is 2.03. The first-order valence-corrected chi connectivity index (χ1v) is 6.36. The highest BCUT2D eigenvalue weighted by Crippen LogP contribution is 2.34. The van der Waals surface area contributed by atoms with Crippen LogP contribution in [-0.2, 0) is 12.6 Å². The zero-order valence-electron chi connectivity index (χ0n) is 11.4. The molecule has 0 atom stereocenters. The molecular weight excluding hydrogens is 269 g/mol. The quantitative estimate of drug-likeness (QED) is 0.802. The molecule has 0 aliphatic heterocycles. The molecule has 1 aromatic carbocycles. The van der Waals surface area contributed by atoms with Gasteiger partial charge in [-0.1, -0.05) is 31.6 Å². The van der Waals surface area contributed by atoms with Gasteiger partial charge in [0.1, 0.15) is 0 Å². The Morgan fingerprint density at radius 1 is 1.30 bits per heavy atom. The first-order valence-electron chi connectivity index (χ1n) is 6.36. The molecule has 0 fully saturated rings. The van der Waals surface area contributed by atoms with Crippen LogP contribution in [0.3, 0.4) is 0 Å². The van der Waals surface area contributed by atoms with E-state index in [0.717, 1.165) is 18.9 Å². The monoisotopic (exact) mass is 286 g/mol. The smallest absolute Gasteiger partial charge is 0.416 e. The molecule has 0 saturated heterocycles. The van der Waals surface area contributed by atoms with Crippen LogP contribution in [0.5, 0.6) is 0 Å². The zero-order chi connectivity index (χ0) is 15.3. The van der Waals surface area contributed by atoms with Crippen LogP contribution in [0.2, 0.25) is 0 Å². The molecule has 110 valence electrons. The van der Waals surface area contributed by atoms with Crippen molar-refractivity contribution in [3.8, 4) is 0 Å². The maximum absolute atomic E-state index is 13.0. The van der Waals surface area contributed by atoms with E-state index in [9.17, 15) is 18.0 Å². The molecule has 1 rings (SSSR count). The maximum Gasteiger partial charge on any atom is 0.416 e. The van der Waals surface area contributed by atoms with Crippen molar-refractivity contribution in [1.82, 2.24) is 0 Å². The number of halogens is 3. The number of hydrogen-bond donors (Lipinski definition) is 1. The molecule has 0 radical (unpaired) electrons. The summed E-state index contributed by atoms with van der Waals surface area (Å²) in [5.41, 5.74) is -0.739. The number of aromatic carboxylic acids is 1. The molecule has 1 aromatic rings. The lowest BCUT2D eigenvalue weighted by Crippen LogP contribution is -2.12. The lowest BCUT2D eigenvalue weighted by Gasteiger charge is -2.14. The molecule has 0 heterocycles. The maximum atomic E-state index is 13.0. The van der Waals surface area contributed by atoms with Crippen molar-refractivity contribution in [3.05, 3.63) is 46.5 Å². The Labute approximate surface area is 115 Å². The third-order valence-electron chi connectivity index (χ3n) is 2.95. The van der Waals surface area contributed by atoms with Gasteiger partial charge in [0.05, 0.1) is 11.1 Å². The normalized spacial score (nSPS) is 12.1. The average Bonchev–Trinajstić information content (AvgIpc) is 2.32. The number of carboxylic acid groups (broad SMARTS) is 1. The highest BCUT2D eigenvalue weighted by Gasteiger charge is 2.34. The van der Waals surface area contributed by atoms with Crippen molar-refractivity contribution in [2.45, 2.75) is 39.3 Å². The lowest BCUT2D eigenvalue weighted by molar-refractivity contribution is -0.138. The minimum Gasteiger partial charge on any atom is -0.478 e. The Hall–Kier alpha value is -1.78. The number of alkyl halides is 3. The van der Waals surface area contributed by atoms with Crippen LogP contribution in [0.15, 0.2) is 24.3 Å². The molecule has 0 bridgehead atoms. The largest absolute Gasteiger partial charge is 0.478 e. The number of aryl methyl sites for hydroxylation is 1. The van der Waals surface area contributed by atoms with Gasteiger partial charge in [0.15, 0.2) is 0 Å². The van der Waals surface area contributed by atoms with Crippen LogP contribution >= 0.6 is 0 Å². The summed E-state index contributed by atoms with van der Waals surface area (Å²) in [5.74, 6) is -1.35. The zero-order valence-corrected chi connectivity index (χ0v) is 11.4. The predicted molar refractivity (Wildman–Crippen MR) is 70.9 cm³/mol. The number of allylic oxidation sites excluding steroid dienone is 2. The van der Waals surface area contributed by atoms with E-state index < -0.39 is 17.7 Å². The molecule has 20 heavy (non-hydrogen) atoms. The Bertz CT molecular complexity index is 517. The van der Waals surface area contributed by atoms with Gasteiger partial charge in [-0.25, -0.2) is 4.79 Å². The van der Waals surface area contributed by atoms with E-state index in [1.807, 2.05) is 13.0 Å². The standard InChI is InChI=1S/C15H17F3O2/c1-3-4-5-6-7-11-8-10(2)12(14(19)20)9-13(11)15(16,17)18/h5-6,8-9H,3-4,7H2,1-2H3,(H,19,20). The van der Waals surface area contributed by atoms with Crippen molar-refractivity contribution in [2.75, 3.05) is 0 Å². The van der Waals surface area contributed by atoms with Gasteiger partial charge in [-0.3, -0.25) is 0 Å². The fourth-order valence-electron chi connectivity index (χ4n) is 1.93. The molecule has 1 N–H and O–H groups in total. The summed E-state index contributed by atoms with van der Waals surface area (Å²) in [7, 11) is 0. The van der Waals surface area contributed by atoms with Gasteiger partial charge in [0.2, 0.25) is 0 Å². The third kappa shape index (κ3) is 4.11. The van der Waals surface area contributed by atoms with Gasteiger partial charge in [0, 0.05) is 0 Å². The fourth-order valence-corrected chi connectivity index (χ4v) is 1.93. The summed E-state index contributed by atoms with van der Waals surface area (Å²) < 4.78 is 38.9. The highest BCUT2D eigenvalue weighted by atomic mass is 19.4. The minimum absolute atomic E-state index is 0.104. The van der Waals surface area contributed by atoms with Gasteiger partial charge in [0.25, 0.3) is 0 Å². The second-order valence-electron chi connectivity index (χ2n) is 4.59. The Balaban J connectivity index is 3.21. The Morgan fingerprint density at radius 3 is 2.45 bits per heavy atom. The summed E-state index contributed by atoms with van der Waals surface area (Å²) in [5, 5.41) is 8.91. The second-order valence-corrected chi connectivity index (χ2v) is 4.59. The third-order valence-corrected chi connectivity index (χ3v) is 2.95. The van der Waals surface area contributed by atoms with E-state index in [1.165, 1.54) is 13.0 Å². The minimum atomic E-state index is -4.55. The van der Waals surface area contributed by atoms with E-state index in [0.29, 0.717) is 5.56 Å². The second kappa shape index (κ2) is 6.59. The highest BCUT2D eigenvalue weighted by molar-refractivity contribution is 5.89. The number of carbonyl (C=O) groups is 1. The molecule has 2 nitrogen and oxygen atoms in total. The molecule has 0 aromatic heterocycles. The van der Waals surface area contributed by atoms with Gasteiger partial charge in [-0.05, 0) is 37.0 Å². The van der Waals surface area contributed by atoms with Crippen LogP contribution in [0, 0.1) is 6.92 Å². The van der Waals surface area contributed by atoms with Crippen molar-refractivity contribution >= 4 is 5.97 Å². The summed E-state index contributed by atoms with van der Waals surface area (Å²) in [6.45, 7) is 3.49. The van der Waals surface area contributed by atoms with E-state index in [1.54, 1.807) is 6.08 Å². The summed E-state index contributed by atoms with van der Waals surface area (Å²) in [4.78, 5) is 10.9. The Kier molecular flexibility index (Phi) is 5.36. The van der Waals surface area contributed by atoms with Crippen molar-refractivity contribution < 1.29 is 23.1 Å². The molecule has 5 heteroatoms. The molecule has 0 aliphatic carbocycles. The van der Waals surface area contributed by atoms with E-state index >= 15 is 0 Å². The van der Waals surface area contributed by atoms with E-state index in [4.69, 9.17) is 5.11 Å². The average molecular weight is 286 g/mol. The number of unbranched alkanes of at least 4 members (excludes halogenated alkanes) is 1. The predicted octanol–water partition coefficient (Wildman–Crippen LogP) is 4.61. The van der Waals surface area contributed by atoms with Gasteiger partial charge in [-0.2, -0.15) is 13.2 Å². The lowest BCUT2D eigenvalue weighted by atomic mass is 9.96. The molecule has 0 spiro atoms. The molecule has 0 amide bonds. The number of rotatable bonds is 5. The topological polar surface area (TPSA) is 37.3 Å². The van der Waals surface area contributed by atoms with Gasteiger partial charge < -0.3 is 5.11 Å². The van der Waals surface area contributed by atoms with Gasteiger partial charge in [-0.15, -0.1) is 0 Å². The molecule has 0 saturated carbocycles. The van der Waals surface area contributed by atoms with Crippen molar-refractivity contribution in [2.24, 2.45) is 0 Å². The first-order chi connectivity index (χ1) is 9.27. The summed E-state index contributed by atoms with van der Waals surface area (Å²) in [6.07, 6.45) is 0.864. The van der Waals surface area contributed by atoms with Crippen molar-refractivity contribution in [1.29, 1.82) is 0 Å². The molecular formula is C15H17F3O2. The fraction of sp³-hybridized carbons (Fsp3) is 0.400. The first kappa shape index (κ1) is 16.3. The van der Waals surface area contributed by atoms with Crippen LogP contribution in [0.4, 0.5) is 13.2 Å². The van der Waals surface area contributed by atoms with Crippen LogP contribution < -0.4 is 0 Å². The van der Waals surface area contributed by atoms with Crippen LogP contribution in [0.1, 0.15) is 46.8 Å². The van der Waals surface area contributed by atoms with E-state index in [-0.39, 0.29) is 17.5 Å². The van der Waals surface area contributed by atoms with Gasteiger partial charge >= 0.3 is 12.1 Å². The summed E-state index contributed by atoms with van der Waals surface area (Å²) >= 11 is 0. The number of hydrogen-bond acceptors (Lipinski definition) is 1. The van der Waals surface area contributed by atoms with Crippen LogP contribution in [-0.4, -0.2) is 11.1 Å². The van der Waals surface area contributed by atoms with E-state index in [2.05, 4.69) is 0 Å². The molecule has 0 aliphatic rings. The Morgan fingerprint density at radius 2 is 1.95 bits per heavy atom. The van der Waals surface area contributed by atoms with Crippen LogP contribution in [0.25, 0.3) is 0 Å².